The van der Waals surface area contributed by atoms with Gasteiger partial charge < -0.3 is 14.8 Å². The number of amides is 1. The summed E-state index contributed by atoms with van der Waals surface area (Å²) in [5, 5.41) is 3.57. The van der Waals surface area contributed by atoms with Crippen molar-refractivity contribution in [2.45, 2.75) is 19.9 Å². The molecule has 1 unspecified atom stereocenters. The zero-order valence-electron chi connectivity index (χ0n) is 13.4. The first-order valence-corrected chi connectivity index (χ1v) is 7.80. The molecule has 0 aliphatic rings. The molecule has 0 saturated carbocycles. The summed E-state index contributed by atoms with van der Waals surface area (Å²) >= 11 is 6.17. The highest BCUT2D eigenvalue weighted by atomic mass is 35.5. The zero-order chi connectivity index (χ0) is 16.8. The van der Waals surface area contributed by atoms with Crippen LogP contribution in [0.2, 0.25) is 5.02 Å². The van der Waals surface area contributed by atoms with E-state index in [-0.39, 0.29) is 11.9 Å². The Bertz CT molecular complexity index is 688. The normalized spacial score (nSPS) is 11.7. The molecule has 122 valence electrons. The molecule has 0 aromatic heterocycles. The van der Waals surface area contributed by atoms with Crippen LogP contribution >= 0.6 is 11.6 Å². The molecule has 5 heteroatoms. The minimum Gasteiger partial charge on any atom is -0.493 e. The number of carbonyl (C=O) groups excluding carboxylic acids is 1. The molecule has 4 nitrogen and oxygen atoms in total. The maximum Gasteiger partial charge on any atom is 0.251 e. The number of rotatable bonds is 6. The topological polar surface area (TPSA) is 47.6 Å². The van der Waals surface area contributed by atoms with Crippen LogP contribution in [-0.4, -0.2) is 19.6 Å². The minimum absolute atomic E-state index is 0.193. The third-order valence-electron chi connectivity index (χ3n) is 3.44. The Morgan fingerprint density at radius 1 is 1.22 bits per heavy atom. The summed E-state index contributed by atoms with van der Waals surface area (Å²) < 4.78 is 10.7. The minimum atomic E-state index is -0.200. The van der Waals surface area contributed by atoms with Crippen LogP contribution in [0.3, 0.4) is 0 Å². The van der Waals surface area contributed by atoms with Gasteiger partial charge in [-0.25, -0.2) is 0 Å². The van der Waals surface area contributed by atoms with Crippen molar-refractivity contribution in [1.29, 1.82) is 0 Å². The van der Waals surface area contributed by atoms with Crippen LogP contribution in [0.1, 0.15) is 35.8 Å². The van der Waals surface area contributed by atoms with Gasteiger partial charge in [0.25, 0.3) is 5.91 Å². The Labute approximate surface area is 141 Å². The van der Waals surface area contributed by atoms with E-state index >= 15 is 0 Å². The fraction of sp³-hybridized carbons (Fsp3) is 0.278. The first-order chi connectivity index (χ1) is 11.1. The Morgan fingerprint density at radius 3 is 2.61 bits per heavy atom. The second kappa shape index (κ2) is 7.88. The summed E-state index contributed by atoms with van der Waals surface area (Å²) in [5.74, 6) is 0.955. The highest BCUT2D eigenvalue weighted by molar-refractivity contribution is 6.31. The predicted octanol–water partition coefficient (Wildman–Crippen LogP) is 4.24. The SMILES string of the molecule is CCOc1cc(C(=O)NC(C)c2ccccc2Cl)ccc1OC. The Morgan fingerprint density at radius 2 is 1.96 bits per heavy atom. The van der Waals surface area contributed by atoms with E-state index in [4.69, 9.17) is 21.1 Å². The fourth-order valence-electron chi connectivity index (χ4n) is 2.27. The van der Waals surface area contributed by atoms with Gasteiger partial charge in [0, 0.05) is 10.6 Å². The molecule has 0 heterocycles. The van der Waals surface area contributed by atoms with Crippen molar-refractivity contribution in [2.24, 2.45) is 0 Å². The average molecular weight is 334 g/mol. The Balaban J connectivity index is 2.17. The van der Waals surface area contributed by atoms with Crippen LogP contribution < -0.4 is 14.8 Å². The maximum atomic E-state index is 12.4. The van der Waals surface area contributed by atoms with E-state index in [1.54, 1.807) is 31.4 Å². The molecule has 1 N–H and O–H groups in total. The van der Waals surface area contributed by atoms with Crippen molar-refractivity contribution in [3.05, 3.63) is 58.6 Å². The van der Waals surface area contributed by atoms with Crippen LogP contribution in [0, 0.1) is 0 Å². The molecular formula is C18H20ClNO3. The molecule has 23 heavy (non-hydrogen) atoms. The molecule has 0 fully saturated rings. The summed E-state index contributed by atoms with van der Waals surface area (Å²) in [5.41, 5.74) is 1.38. The monoisotopic (exact) mass is 333 g/mol. The predicted molar refractivity (Wildman–Crippen MR) is 91.5 cm³/mol. The van der Waals surface area contributed by atoms with Gasteiger partial charge in [-0.2, -0.15) is 0 Å². The average Bonchev–Trinajstić information content (AvgIpc) is 2.55. The van der Waals surface area contributed by atoms with Gasteiger partial charge in [-0.3, -0.25) is 4.79 Å². The molecule has 0 bridgehead atoms. The molecule has 0 spiro atoms. The molecular weight excluding hydrogens is 314 g/mol. The van der Waals surface area contributed by atoms with Gasteiger partial charge in [0.1, 0.15) is 0 Å². The van der Waals surface area contributed by atoms with Crippen molar-refractivity contribution in [3.63, 3.8) is 0 Å². The van der Waals surface area contributed by atoms with Gasteiger partial charge in [0.2, 0.25) is 0 Å². The number of carbonyl (C=O) groups is 1. The number of ether oxygens (including phenoxy) is 2. The summed E-state index contributed by atoms with van der Waals surface area (Å²) in [6, 6.07) is 12.4. The summed E-state index contributed by atoms with van der Waals surface area (Å²) in [4.78, 5) is 12.4. The molecule has 0 aliphatic carbocycles. The lowest BCUT2D eigenvalue weighted by atomic mass is 10.1. The van der Waals surface area contributed by atoms with Gasteiger partial charge in [-0.1, -0.05) is 29.8 Å². The third kappa shape index (κ3) is 4.17. The van der Waals surface area contributed by atoms with Crippen LogP contribution in [0.25, 0.3) is 0 Å². The number of benzene rings is 2. The first kappa shape index (κ1) is 17.2. The van der Waals surface area contributed by atoms with Crippen LogP contribution in [0.4, 0.5) is 0 Å². The molecule has 1 amide bonds. The van der Waals surface area contributed by atoms with E-state index in [9.17, 15) is 4.79 Å². The van der Waals surface area contributed by atoms with E-state index in [2.05, 4.69) is 5.32 Å². The second-order valence-electron chi connectivity index (χ2n) is 5.02. The Kier molecular flexibility index (Phi) is 5.88. The number of nitrogens with one attached hydrogen (secondary N) is 1. The standard InChI is InChI=1S/C18H20ClNO3/c1-4-23-17-11-13(9-10-16(17)22-3)18(21)20-12(2)14-7-5-6-8-15(14)19/h5-12H,4H2,1-3H3,(H,20,21). The van der Waals surface area contributed by atoms with E-state index in [0.29, 0.717) is 28.7 Å². The molecule has 2 aromatic rings. The van der Waals surface area contributed by atoms with Gasteiger partial charge in [-0.05, 0) is 43.7 Å². The van der Waals surface area contributed by atoms with E-state index in [1.165, 1.54) is 0 Å². The number of methoxy groups -OCH3 is 1. The fourth-order valence-corrected chi connectivity index (χ4v) is 2.57. The maximum absolute atomic E-state index is 12.4. The third-order valence-corrected chi connectivity index (χ3v) is 3.79. The van der Waals surface area contributed by atoms with Crippen LogP contribution in [0.15, 0.2) is 42.5 Å². The van der Waals surface area contributed by atoms with Crippen molar-refractivity contribution in [1.82, 2.24) is 5.32 Å². The highest BCUT2D eigenvalue weighted by Crippen LogP contribution is 2.28. The largest absolute Gasteiger partial charge is 0.493 e. The van der Waals surface area contributed by atoms with Crippen LogP contribution in [0.5, 0.6) is 11.5 Å². The van der Waals surface area contributed by atoms with Gasteiger partial charge in [0.05, 0.1) is 19.8 Å². The molecule has 2 rings (SSSR count). The summed E-state index contributed by atoms with van der Waals surface area (Å²) in [6.45, 7) is 4.27. The summed E-state index contributed by atoms with van der Waals surface area (Å²) in [6.07, 6.45) is 0. The van der Waals surface area contributed by atoms with Crippen molar-refractivity contribution >= 4 is 17.5 Å². The quantitative estimate of drug-likeness (QED) is 0.860. The van der Waals surface area contributed by atoms with Gasteiger partial charge in [-0.15, -0.1) is 0 Å². The van der Waals surface area contributed by atoms with Gasteiger partial charge >= 0.3 is 0 Å². The molecule has 0 aliphatic heterocycles. The smallest absolute Gasteiger partial charge is 0.251 e. The summed E-state index contributed by atoms with van der Waals surface area (Å²) in [7, 11) is 1.57. The Hall–Kier alpha value is -2.20. The number of hydrogen-bond acceptors (Lipinski definition) is 3. The number of halogens is 1. The highest BCUT2D eigenvalue weighted by Gasteiger charge is 2.15. The first-order valence-electron chi connectivity index (χ1n) is 7.43. The molecule has 1 atom stereocenters. The molecule has 0 radical (unpaired) electrons. The van der Waals surface area contributed by atoms with E-state index in [0.717, 1.165) is 5.56 Å². The lowest BCUT2D eigenvalue weighted by Gasteiger charge is -2.16. The van der Waals surface area contributed by atoms with Crippen molar-refractivity contribution < 1.29 is 14.3 Å². The van der Waals surface area contributed by atoms with E-state index in [1.807, 2.05) is 32.0 Å². The second-order valence-corrected chi connectivity index (χ2v) is 5.42. The molecule has 0 saturated heterocycles. The lowest BCUT2D eigenvalue weighted by Crippen LogP contribution is -2.26. The van der Waals surface area contributed by atoms with Crippen molar-refractivity contribution in [2.75, 3.05) is 13.7 Å². The number of hydrogen-bond donors (Lipinski definition) is 1. The molecule has 2 aromatic carbocycles. The van der Waals surface area contributed by atoms with Crippen LogP contribution in [-0.2, 0) is 0 Å². The van der Waals surface area contributed by atoms with Gasteiger partial charge in [0.15, 0.2) is 11.5 Å². The zero-order valence-corrected chi connectivity index (χ0v) is 14.2. The lowest BCUT2D eigenvalue weighted by molar-refractivity contribution is 0.0939. The van der Waals surface area contributed by atoms with E-state index < -0.39 is 0 Å². The van der Waals surface area contributed by atoms with Crippen molar-refractivity contribution in [3.8, 4) is 11.5 Å².